The quantitative estimate of drug-likeness (QED) is 0.733. The van der Waals surface area contributed by atoms with Gasteiger partial charge in [0.05, 0.1) is 0 Å². The Morgan fingerprint density at radius 2 is 1.71 bits per heavy atom. The molecule has 3 N–H and O–H groups in total. The van der Waals surface area contributed by atoms with E-state index in [1.807, 2.05) is 0 Å². The molecular formula is C9H15F3N2. The summed E-state index contributed by atoms with van der Waals surface area (Å²) in [5, 5.41) is 2.66. The zero-order chi connectivity index (χ0) is 10.4. The van der Waals surface area contributed by atoms with Gasteiger partial charge in [-0.1, -0.05) is 0 Å². The molecule has 2 saturated carbocycles. The lowest BCUT2D eigenvalue weighted by Gasteiger charge is -2.23. The number of hydrogen-bond acceptors (Lipinski definition) is 2. The molecule has 0 bridgehead atoms. The Kier molecular flexibility index (Phi) is 2.09. The molecule has 0 saturated heterocycles. The molecule has 2 rings (SSSR count). The molecule has 0 aromatic heterocycles. The molecule has 0 spiro atoms. The second kappa shape index (κ2) is 2.85. The van der Waals surface area contributed by atoms with Crippen molar-refractivity contribution in [1.29, 1.82) is 0 Å². The first kappa shape index (κ1) is 10.2. The highest BCUT2D eigenvalue weighted by atomic mass is 19.4. The number of nitrogens with one attached hydrogen (secondary N) is 1. The highest BCUT2D eigenvalue weighted by Gasteiger charge is 2.63. The number of hydrogen-bond donors (Lipinski definition) is 2. The largest absolute Gasteiger partial charge is 0.406 e. The summed E-state index contributed by atoms with van der Waals surface area (Å²) in [7, 11) is 0. The molecule has 0 unspecified atom stereocenters. The standard InChI is InChI=1S/C9H15F3N2/c10-9(11,12)8(3-4-8)14-6-7(5-13)1-2-7/h14H,1-6,13H2. The summed E-state index contributed by atoms with van der Waals surface area (Å²) in [5.74, 6) is 0. The van der Waals surface area contributed by atoms with E-state index in [0.717, 1.165) is 12.8 Å². The van der Waals surface area contributed by atoms with Crippen LogP contribution in [0, 0.1) is 5.41 Å². The van der Waals surface area contributed by atoms with E-state index in [2.05, 4.69) is 5.32 Å². The molecule has 0 atom stereocenters. The summed E-state index contributed by atoms with van der Waals surface area (Å²) >= 11 is 0. The van der Waals surface area contributed by atoms with Crippen molar-refractivity contribution in [2.75, 3.05) is 13.1 Å². The van der Waals surface area contributed by atoms with Crippen molar-refractivity contribution in [2.45, 2.75) is 37.4 Å². The van der Waals surface area contributed by atoms with E-state index in [4.69, 9.17) is 5.73 Å². The van der Waals surface area contributed by atoms with Crippen molar-refractivity contribution in [3.05, 3.63) is 0 Å². The third-order valence-corrected chi connectivity index (χ3v) is 3.48. The topological polar surface area (TPSA) is 38.0 Å². The zero-order valence-electron chi connectivity index (χ0n) is 7.95. The first-order valence-corrected chi connectivity index (χ1v) is 4.95. The fourth-order valence-corrected chi connectivity index (χ4v) is 1.67. The molecule has 14 heavy (non-hydrogen) atoms. The van der Waals surface area contributed by atoms with E-state index in [0.29, 0.717) is 13.1 Å². The summed E-state index contributed by atoms with van der Waals surface area (Å²) in [6.07, 6.45) is -1.74. The number of nitrogens with two attached hydrogens (primary N) is 1. The second-order valence-electron chi connectivity index (χ2n) is 4.64. The Morgan fingerprint density at radius 1 is 1.14 bits per heavy atom. The van der Waals surface area contributed by atoms with E-state index in [-0.39, 0.29) is 18.3 Å². The Hall–Kier alpha value is -0.290. The summed E-state index contributed by atoms with van der Waals surface area (Å²) in [4.78, 5) is 0. The smallest absolute Gasteiger partial charge is 0.330 e. The van der Waals surface area contributed by atoms with Crippen molar-refractivity contribution in [3.63, 3.8) is 0 Å². The lowest BCUT2D eigenvalue weighted by Crippen LogP contribution is -2.48. The van der Waals surface area contributed by atoms with Gasteiger partial charge >= 0.3 is 6.18 Å². The Bertz CT molecular complexity index is 229. The first-order valence-electron chi connectivity index (χ1n) is 4.95. The average molecular weight is 208 g/mol. The fourth-order valence-electron chi connectivity index (χ4n) is 1.67. The van der Waals surface area contributed by atoms with Crippen LogP contribution in [0.3, 0.4) is 0 Å². The summed E-state index contributed by atoms with van der Waals surface area (Å²) in [5.41, 5.74) is 3.91. The van der Waals surface area contributed by atoms with E-state index in [9.17, 15) is 13.2 Å². The van der Waals surface area contributed by atoms with E-state index in [1.165, 1.54) is 0 Å². The zero-order valence-corrected chi connectivity index (χ0v) is 7.95. The van der Waals surface area contributed by atoms with Crippen LogP contribution in [-0.2, 0) is 0 Å². The molecule has 0 aliphatic heterocycles. The predicted molar refractivity (Wildman–Crippen MR) is 46.7 cm³/mol. The summed E-state index contributed by atoms with van der Waals surface area (Å²) in [6.45, 7) is 0.914. The normalized spacial score (nSPS) is 27.4. The molecule has 0 radical (unpaired) electrons. The van der Waals surface area contributed by atoms with Gasteiger partial charge < -0.3 is 11.1 Å². The summed E-state index contributed by atoms with van der Waals surface area (Å²) < 4.78 is 37.5. The lowest BCUT2D eigenvalue weighted by molar-refractivity contribution is -0.166. The molecule has 2 fully saturated rings. The Labute approximate surface area is 81.0 Å². The predicted octanol–water partition coefficient (Wildman–Crippen LogP) is 1.41. The minimum Gasteiger partial charge on any atom is -0.330 e. The number of halogens is 3. The first-order chi connectivity index (χ1) is 6.43. The van der Waals surface area contributed by atoms with Gasteiger partial charge in [-0.05, 0) is 37.6 Å². The van der Waals surface area contributed by atoms with Gasteiger partial charge in [-0.25, -0.2) is 0 Å². The van der Waals surface area contributed by atoms with Crippen LogP contribution in [0.15, 0.2) is 0 Å². The van der Waals surface area contributed by atoms with Crippen molar-refractivity contribution >= 4 is 0 Å². The lowest BCUT2D eigenvalue weighted by atomic mass is 10.1. The summed E-state index contributed by atoms with van der Waals surface area (Å²) in [6, 6.07) is 0. The van der Waals surface area contributed by atoms with Crippen LogP contribution in [0.5, 0.6) is 0 Å². The molecule has 0 amide bonds. The molecule has 5 heteroatoms. The second-order valence-corrected chi connectivity index (χ2v) is 4.64. The van der Waals surface area contributed by atoms with Crippen molar-refractivity contribution < 1.29 is 13.2 Å². The molecule has 82 valence electrons. The maximum atomic E-state index is 12.5. The Balaban J connectivity index is 1.86. The molecule has 2 nitrogen and oxygen atoms in total. The van der Waals surface area contributed by atoms with Crippen LogP contribution < -0.4 is 11.1 Å². The van der Waals surface area contributed by atoms with E-state index < -0.39 is 11.7 Å². The maximum Gasteiger partial charge on any atom is 0.406 e. The highest BCUT2D eigenvalue weighted by molar-refractivity contribution is 5.10. The monoisotopic (exact) mass is 208 g/mol. The van der Waals surface area contributed by atoms with Gasteiger partial charge in [-0.3, -0.25) is 0 Å². The van der Waals surface area contributed by atoms with Crippen LogP contribution in [-0.4, -0.2) is 24.8 Å². The van der Waals surface area contributed by atoms with Crippen molar-refractivity contribution in [3.8, 4) is 0 Å². The van der Waals surface area contributed by atoms with Crippen LogP contribution in [0.4, 0.5) is 13.2 Å². The van der Waals surface area contributed by atoms with Gasteiger partial charge in [0, 0.05) is 6.54 Å². The SMILES string of the molecule is NCC1(CNC2(C(F)(F)F)CC2)CC1. The van der Waals surface area contributed by atoms with Crippen LogP contribution in [0.25, 0.3) is 0 Å². The molecule has 0 aromatic rings. The van der Waals surface area contributed by atoms with Crippen LogP contribution in [0.2, 0.25) is 0 Å². The van der Waals surface area contributed by atoms with Gasteiger partial charge in [0.1, 0.15) is 5.54 Å². The van der Waals surface area contributed by atoms with Crippen LogP contribution >= 0.6 is 0 Å². The number of rotatable bonds is 4. The Morgan fingerprint density at radius 3 is 2.00 bits per heavy atom. The third-order valence-electron chi connectivity index (χ3n) is 3.48. The maximum absolute atomic E-state index is 12.5. The third kappa shape index (κ3) is 1.63. The van der Waals surface area contributed by atoms with Gasteiger partial charge in [0.25, 0.3) is 0 Å². The molecule has 2 aliphatic rings. The van der Waals surface area contributed by atoms with Gasteiger partial charge in [-0.15, -0.1) is 0 Å². The molecule has 0 heterocycles. The van der Waals surface area contributed by atoms with E-state index in [1.54, 1.807) is 0 Å². The van der Waals surface area contributed by atoms with Crippen molar-refractivity contribution in [2.24, 2.45) is 11.1 Å². The van der Waals surface area contributed by atoms with Gasteiger partial charge in [0.2, 0.25) is 0 Å². The fraction of sp³-hybridized carbons (Fsp3) is 1.00. The van der Waals surface area contributed by atoms with Gasteiger partial charge in [0.15, 0.2) is 0 Å². The molecule has 0 aromatic carbocycles. The molecule has 2 aliphatic carbocycles. The van der Waals surface area contributed by atoms with E-state index >= 15 is 0 Å². The van der Waals surface area contributed by atoms with Crippen LogP contribution in [0.1, 0.15) is 25.7 Å². The molecular weight excluding hydrogens is 193 g/mol. The van der Waals surface area contributed by atoms with Gasteiger partial charge in [-0.2, -0.15) is 13.2 Å². The minimum absolute atomic E-state index is 0.0269. The number of alkyl halides is 3. The average Bonchev–Trinajstić information content (AvgIpc) is 2.98. The highest BCUT2D eigenvalue weighted by Crippen LogP contribution is 2.51. The van der Waals surface area contributed by atoms with Crippen molar-refractivity contribution in [1.82, 2.24) is 5.32 Å². The minimum atomic E-state index is -4.10.